The molecule has 5 rings (SSSR count). The van der Waals surface area contributed by atoms with Crippen LogP contribution in [0.2, 0.25) is 0 Å². The molecule has 0 unspecified atom stereocenters. The van der Waals surface area contributed by atoms with Crippen LogP contribution >= 0.6 is 0 Å². The lowest BCUT2D eigenvalue weighted by molar-refractivity contribution is 0.667. The van der Waals surface area contributed by atoms with Crippen molar-refractivity contribution in [1.29, 1.82) is 0 Å². The van der Waals surface area contributed by atoms with E-state index >= 15 is 0 Å². The first-order valence-corrected chi connectivity index (χ1v) is 19.1. The van der Waals surface area contributed by atoms with Gasteiger partial charge in [-0.3, -0.25) is 0 Å². The molecule has 50 heavy (non-hydrogen) atoms. The first-order valence-electron chi connectivity index (χ1n) is 19.1. The largest absolute Gasteiger partial charge is 0.0654 e. The topological polar surface area (TPSA) is 0 Å². The Hall–Kier alpha value is -4.78. The molecule has 5 aromatic rings. The highest BCUT2D eigenvalue weighted by Crippen LogP contribution is 2.15. The van der Waals surface area contributed by atoms with Gasteiger partial charge < -0.3 is 0 Å². The number of aryl methyl sites for hydroxylation is 6. The number of benzene rings is 5. The highest BCUT2D eigenvalue weighted by atomic mass is 14.1. The number of hydrogen-bond donors (Lipinski definition) is 0. The van der Waals surface area contributed by atoms with Gasteiger partial charge >= 0.3 is 0 Å². The van der Waals surface area contributed by atoms with Crippen LogP contribution in [-0.4, -0.2) is 0 Å². The number of rotatable bonds is 16. The molecule has 0 spiro atoms. The molecule has 0 heterocycles. The SMILES string of the molecule is CCCCCCc1ccc(CCc2ccc(C#Cc3cccc(C#Cc4ccc(CCc5ccc(CCCCCC)cc5)cc4)c3)cc2)cc1. The summed E-state index contributed by atoms with van der Waals surface area (Å²) in [4.78, 5) is 0. The van der Waals surface area contributed by atoms with Crippen molar-refractivity contribution in [3.05, 3.63) is 177 Å². The molecule has 0 aliphatic heterocycles. The molecule has 5 aromatic carbocycles. The zero-order valence-electron chi connectivity index (χ0n) is 30.4. The summed E-state index contributed by atoms with van der Waals surface area (Å²) >= 11 is 0. The van der Waals surface area contributed by atoms with Crippen molar-refractivity contribution in [3.63, 3.8) is 0 Å². The van der Waals surface area contributed by atoms with Crippen molar-refractivity contribution < 1.29 is 0 Å². The average molecular weight is 655 g/mol. The summed E-state index contributed by atoms with van der Waals surface area (Å²) in [5, 5.41) is 0. The summed E-state index contributed by atoms with van der Waals surface area (Å²) < 4.78 is 0. The Bertz CT molecular complexity index is 1690. The van der Waals surface area contributed by atoms with Gasteiger partial charge in [-0.15, -0.1) is 0 Å². The lowest BCUT2D eigenvalue weighted by Crippen LogP contribution is -1.93. The molecular formula is C50H54. The minimum absolute atomic E-state index is 0.981. The molecule has 0 aliphatic carbocycles. The van der Waals surface area contributed by atoms with Crippen molar-refractivity contribution in [1.82, 2.24) is 0 Å². The van der Waals surface area contributed by atoms with E-state index in [2.05, 4.69) is 153 Å². The van der Waals surface area contributed by atoms with E-state index in [-0.39, 0.29) is 0 Å². The van der Waals surface area contributed by atoms with Crippen LogP contribution in [0.25, 0.3) is 0 Å². The normalized spacial score (nSPS) is 10.6. The molecule has 0 aliphatic rings. The molecule has 0 atom stereocenters. The maximum Gasteiger partial charge on any atom is 0.0261 e. The molecule has 0 bridgehead atoms. The first kappa shape index (κ1) is 36.5. The van der Waals surface area contributed by atoms with Gasteiger partial charge in [0.1, 0.15) is 0 Å². The van der Waals surface area contributed by atoms with Crippen LogP contribution < -0.4 is 0 Å². The van der Waals surface area contributed by atoms with Crippen LogP contribution in [0, 0.1) is 23.7 Å². The van der Waals surface area contributed by atoms with Crippen molar-refractivity contribution in [2.24, 2.45) is 0 Å². The maximum atomic E-state index is 3.34. The number of unbranched alkanes of at least 4 members (excludes halogenated alkanes) is 6. The minimum atomic E-state index is 0.981. The zero-order valence-corrected chi connectivity index (χ0v) is 30.4. The van der Waals surface area contributed by atoms with Crippen LogP contribution in [0.5, 0.6) is 0 Å². The van der Waals surface area contributed by atoms with Gasteiger partial charge in [0.15, 0.2) is 0 Å². The Balaban J connectivity index is 1.07. The summed E-state index contributed by atoms with van der Waals surface area (Å²) in [6.07, 6.45) is 17.2. The summed E-state index contributed by atoms with van der Waals surface area (Å²) in [6, 6.07) is 44.1. The average Bonchev–Trinajstić information content (AvgIpc) is 3.17. The zero-order chi connectivity index (χ0) is 34.6. The molecule has 0 aromatic heterocycles. The summed E-state index contributed by atoms with van der Waals surface area (Å²) in [6.45, 7) is 4.54. The van der Waals surface area contributed by atoms with E-state index in [1.54, 1.807) is 0 Å². The van der Waals surface area contributed by atoms with Crippen LogP contribution in [0.4, 0.5) is 0 Å². The van der Waals surface area contributed by atoms with E-state index in [1.165, 1.54) is 97.6 Å². The van der Waals surface area contributed by atoms with Gasteiger partial charge in [0.05, 0.1) is 0 Å². The highest BCUT2D eigenvalue weighted by molar-refractivity contribution is 5.49. The molecule has 0 fully saturated rings. The first-order chi connectivity index (χ1) is 24.7. The summed E-state index contributed by atoms with van der Waals surface area (Å²) in [7, 11) is 0. The van der Waals surface area contributed by atoms with Gasteiger partial charge in [0.2, 0.25) is 0 Å². The molecule has 0 saturated heterocycles. The fraction of sp³-hybridized carbons (Fsp3) is 0.320. The molecule has 0 radical (unpaired) electrons. The van der Waals surface area contributed by atoms with Gasteiger partial charge in [0.25, 0.3) is 0 Å². The van der Waals surface area contributed by atoms with Crippen molar-refractivity contribution in [3.8, 4) is 23.7 Å². The predicted octanol–water partition coefficient (Wildman–Crippen LogP) is 12.3. The van der Waals surface area contributed by atoms with Crippen LogP contribution in [0.3, 0.4) is 0 Å². The van der Waals surface area contributed by atoms with E-state index < -0.39 is 0 Å². The van der Waals surface area contributed by atoms with E-state index in [0.717, 1.165) is 47.9 Å². The lowest BCUT2D eigenvalue weighted by Gasteiger charge is -2.05. The van der Waals surface area contributed by atoms with Crippen LogP contribution in [0.1, 0.15) is 121 Å². The van der Waals surface area contributed by atoms with Crippen molar-refractivity contribution in [2.75, 3.05) is 0 Å². The molecule has 0 amide bonds. The molecule has 0 heteroatoms. The van der Waals surface area contributed by atoms with Gasteiger partial charge in [-0.1, -0.05) is 155 Å². The predicted molar refractivity (Wildman–Crippen MR) is 215 cm³/mol. The molecular weight excluding hydrogens is 601 g/mol. The Kier molecular flexibility index (Phi) is 15.1. The van der Waals surface area contributed by atoms with Crippen molar-refractivity contribution >= 4 is 0 Å². The Morgan fingerprint density at radius 2 is 0.600 bits per heavy atom. The fourth-order valence-corrected chi connectivity index (χ4v) is 6.31. The third-order valence-electron chi connectivity index (χ3n) is 9.56. The van der Waals surface area contributed by atoms with Gasteiger partial charge in [-0.25, -0.2) is 0 Å². The molecule has 0 saturated carbocycles. The van der Waals surface area contributed by atoms with Crippen molar-refractivity contribution in [2.45, 2.75) is 104 Å². The quantitative estimate of drug-likeness (QED) is 0.0734. The smallest absolute Gasteiger partial charge is 0.0261 e. The van der Waals surface area contributed by atoms with Gasteiger partial charge in [0, 0.05) is 22.3 Å². The number of hydrogen-bond acceptors (Lipinski definition) is 0. The standard InChI is InChI=1S/C50H54/c1-3-5-7-9-12-41-16-20-43(21-17-41)24-26-45-28-32-47(33-29-45)36-38-49-14-11-15-50(40-49)39-37-48-34-30-46(31-35-48)27-25-44-22-18-42(19-23-44)13-10-8-6-4-2/h11,14-23,28-35,40H,3-10,12-13,24-27H2,1-2H3. The Labute approximate surface area is 303 Å². The summed E-state index contributed by atoms with van der Waals surface area (Å²) in [5.74, 6) is 13.4. The molecule has 254 valence electrons. The van der Waals surface area contributed by atoms with Gasteiger partial charge in [-0.2, -0.15) is 0 Å². The van der Waals surface area contributed by atoms with Crippen LogP contribution in [0.15, 0.2) is 121 Å². The lowest BCUT2D eigenvalue weighted by atomic mass is 10.0. The Morgan fingerprint density at radius 3 is 0.940 bits per heavy atom. The maximum absolute atomic E-state index is 3.34. The Morgan fingerprint density at radius 1 is 0.300 bits per heavy atom. The highest BCUT2D eigenvalue weighted by Gasteiger charge is 2.01. The van der Waals surface area contributed by atoms with E-state index in [1.807, 2.05) is 6.07 Å². The second-order valence-electron chi connectivity index (χ2n) is 13.7. The second kappa shape index (κ2) is 20.7. The third-order valence-corrected chi connectivity index (χ3v) is 9.56. The molecule has 0 N–H and O–H groups in total. The second-order valence-corrected chi connectivity index (χ2v) is 13.7. The van der Waals surface area contributed by atoms with E-state index in [4.69, 9.17) is 0 Å². The third kappa shape index (κ3) is 12.9. The van der Waals surface area contributed by atoms with E-state index in [0.29, 0.717) is 0 Å². The molecule has 0 nitrogen and oxygen atoms in total. The minimum Gasteiger partial charge on any atom is -0.0654 e. The fourth-order valence-electron chi connectivity index (χ4n) is 6.31. The van der Waals surface area contributed by atoms with E-state index in [9.17, 15) is 0 Å². The monoisotopic (exact) mass is 654 g/mol. The van der Waals surface area contributed by atoms with Gasteiger partial charge in [-0.05, 0) is 127 Å². The van der Waals surface area contributed by atoms with Crippen LogP contribution in [-0.2, 0) is 38.5 Å². The summed E-state index contributed by atoms with van der Waals surface area (Å²) in [5.41, 5.74) is 12.5.